The van der Waals surface area contributed by atoms with Gasteiger partial charge in [0.15, 0.2) is 0 Å². The van der Waals surface area contributed by atoms with Crippen molar-refractivity contribution in [2.75, 3.05) is 5.32 Å². The summed E-state index contributed by atoms with van der Waals surface area (Å²) in [5.41, 5.74) is 1.91. The molecule has 0 saturated heterocycles. The molecule has 1 aromatic heterocycles. The van der Waals surface area contributed by atoms with Crippen LogP contribution in [0.2, 0.25) is 0 Å². The summed E-state index contributed by atoms with van der Waals surface area (Å²) in [5.74, 6) is -3.09. The lowest BCUT2D eigenvalue weighted by atomic mass is 10.0. The van der Waals surface area contributed by atoms with Crippen LogP contribution in [0.15, 0.2) is 60.8 Å². The van der Waals surface area contributed by atoms with Gasteiger partial charge < -0.3 is 0 Å². The fourth-order valence-electron chi connectivity index (χ4n) is 2.57. The summed E-state index contributed by atoms with van der Waals surface area (Å²) in [7, 11) is 0. The molecule has 0 unspecified atom stereocenters. The van der Waals surface area contributed by atoms with Crippen molar-refractivity contribution in [3.8, 4) is 11.1 Å². The Hall–Kier alpha value is -3.61. The molecule has 0 aliphatic carbocycles. The van der Waals surface area contributed by atoms with Crippen LogP contribution in [0.1, 0.15) is 15.9 Å². The number of aromatic nitrogens is 1. The fraction of sp³-hybridized carbons (Fsp3) is 0.0500. The van der Waals surface area contributed by atoms with Crippen LogP contribution < -0.4 is 10.6 Å². The number of imide groups is 1. The van der Waals surface area contributed by atoms with E-state index >= 15 is 0 Å². The van der Waals surface area contributed by atoms with Crippen LogP contribution in [0.5, 0.6) is 0 Å². The Morgan fingerprint density at radius 3 is 2.26 bits per heavy atom. The van der Waals surface area contributed by atoms with Crippen LogP contribution in [0.25, 0.3) is 11.1 Å². The average Bonchev–Trinajstić information content (AvgIpc) is 2.62. The van der Waals surface area contributed by atoms with Gasteiger partial charge in [-0.05, 0) is 36.2 Å². The number of amides is 3. The zero-order valence-electron chi connectivity index (χ0n) is 14.3. The lowest BCUT2D eigenvalue weighted by molar-refractivity contribution is 0.0959. The van der Waals surface area contributed by atoms with Crippen LogP contribution in [-0.2, 0) is 0 Å². The lowest BCUT2D eigenvalue weighted by Crippen LogP contribution is -2.35. The van der Waals surface area contributed by atoms with Gasteiger partial charge in [0, 0.05) is 11.8 Å². The number of hydrogen-bond donors (Lipinski definition) is 2. The molecular formula is C20H15F2N3O2. The van der Waals surface area contributed by atoms with Crippen LogP contribution in [0.3, 0.4) is 0 Å². The zero-order chi connectivity index (χ0) is 19.4. The number of halogens is 2. The SMILES string of the molecule is Cc1cc(NC(=O)NC(=O)c2c(F)cccc2F)ncc1-c1ccccc1. The Kier molecular flexibility index (Phi) is 5.21. The highest BCUT2D eigenvalue weighted by Crippen LogP contribution is 2.23. The molecule has 1 heterocycles. The van der Waals surface area contributed by atoms with E-state index in [1.807, 2.05) is 42.6 Å². The van der Waals surface area contributed by atoms with Crippen molar-refractivity contribution < 1.29 is 18.4 Å². The molecule has 0 atom stereocenters. The highest BCUT2D eigenvalue weighted by Gasteiger charge is 2.19. The first kappa shape index (κ1) is 18.2. The third-order valence-electron chi connectivity index (χ3n) is 3.85. The number of pyridine rings is 1. The van der Waals surface area contributed by atoms with E-state index in [9.17, 15) is 18.4 Å². The van der Waals surface area contributed by atoms with Crippen LogP contribution in [-0.4, -0.2) is 16.9 Å². The molecule has 0 spiro atoms. The largest absolute Gasteiger partial charge is 0.327 e. The summed E-state index contributed by atoms with van der Waals surface area (Å²) in [4.78, 5) is 28.0. The first-order valence-electron chi connectivity index (χ1n) is 8.04. The first-order chi connectivity index (χ1) is 13.0. The summed E-state index contributed by atoms with van der Waals surface area (Å²) >= 11 is 0. The van der Waals surface area contributed by atoms with E-state index in [4.69, 9.17) is 0 Å². The number of nitrogens with zero attached hydrogens (tertiary/aromatic N) is 1. The molecule has 3 aromatic rings. The second-order valence-electron chi connectivity index (χ2n) is 5.76. The van der Waals surface area contributed by atoms with Crippen molar-refractivity contribution in [3.05, 3.63) is 83.6 Å². The molecule has 3 rings (SSSR count). The van der Waals surface area contributed by atoms with Crippen LogP contribution >= 0.6 is 0 Å². The van der Waals surface area contributed by atoms with E-state index in [0.717, 1.165) is 34.9 Å². The van der Waals surface area contributed by atoms with Gasteiger partial charge in [0.25, 0.3) is 5.91 Å². The van der Waals surface area contributed by atoms with Crippen molar-refractivity contribution >= 4 is 17.8 Å². The van der Waals surface area contributed by atoms with E-state index in [1.165, 1.54) is 0 Å². The third-order valence-corrected chi connectivity index (χ3v) is 3.85. The van der Waals surface area contributed by atoms with Gasteiger partial charge in [-0.15, -0.1) is 0 Å². The molecule has 0 saturated carbocycles. The minimum atomic E-state index is -1.18. The number of benzene rings is 2. The predicted octanol–water partition coefficient (Wildman–Crippen LogP) is 4.30. The summed E-state index contributed by atoms with van der Waals surface area (Å²) in [5, 5.41) is 4.26. The Labute approximate surface area is 154 Å². The molecule has 3 amide bonds. The minimum absolute atomic E-state index is 0.200. The van der Waals surface area contributed by atoms with Gasteiger partial charge >= 0.3 is 6.03 Å². The van der Waals surface area contributed by atoms with Gasteiger partial charge in [0.05, 0.1) is 0 Å². The quantitative estimate of drug-likeness (QED) is 0.725. The maximum absolute atomic E-state index is 13.6. The molecule has 0 radical (unpaired) electrons. The number of hydrogen-bond acceptors (Lipinski definition) is 3. The fourth-order valence-corrected chi connectivity index (χ4v) is 2.57. The molecule has 0 aliphatic rings. The summed E-state index contributed by atoms with van der Waals surface area (Å²) in [6.45, 7) is 1.85. The number of carbonyl (C=O) groups excluding carboxylic acids is 2. The third kappa shape index (κ3) is 4.14. The Balaban J connectivity index is 1.71. The van der Waals surface area contributed by atoms with Gasteiger partial charge in [-0.1, -0.05) is 36.4 Å². The van der Waals surface area contributed by atoms with Crippen LogP contribution in [0.4, 0.5) is 19.4 Å². The molecule has 5 nitrogen and oxygen atoms in total. The summed E-state index contributed by atoms with van der Waals surface area (Å²) < 4.78 is 27.2. The minimum Gasteiger partial charge on any atom is -0.292 e. The molecule has 2 aromatic carbocycles. The van der Waals surface area contributed by atoms with Crippen LogP contribution in [0, 0.1) is 18.6 Å². The summed E-state index contributed by atoms with van der Waals surface area (Å²) in [6, 6.07) is 13.3. The van der Waals surface area contributed by atoms with Crippen molar-refractivity contribution in [1.29, 1.82) is 0 Å². The molecule has 27 heavy (non-hydrogen) atoms. The average molecular weight is 367 g/mol. The second kappa shape index (κ2) is 7.74. The molecule has 0 aliphatic heterocycles. The number of nitrogens with one attached hydrogen (secondary N) is 2. The normalized spacial score (nSPS) is 10.3. The molecule has 136 valence electrons. The molecule has 0 fully saturated rings. The molecule has 7 heteroatoms. The van der Waals surface area contributed by atoms with Gasteiger partial charge in [-0.25, -0.2) is 18.6 Å². The zero-order valence-corrected chi connectivity index (χ0v) is 14.3. The van der Waals surface area contributed by atoms with Gasteiger partial charge in [-0.2, -0.15) is 0 Å². The predicted molar refractivity (Wildman–Crippen MR) is 97.3 cm³/mol. The molecule has 0 bridgehead atoms. The van der Waals surface area contributed by atoms with E-state index < -0.39 is 29.1 Å². The molecule has 2 N–H and O–H groups in total. The number of aryl methyl sites for hydroxylation is 1. The van der Waals surface area contributed by atoms with Gasteiger partial charge in [-0.3, -0.25) is 15.4 Å². The number of rotatable bonds is 3. The monoisotopic (exact) mass is 367 g/mol. The van der Waals surface area contributed by atoms with E-state index in [-0.39, 0.29) is 5.82 Å². The van der Waals surface area contributed by atoms with Crippen molar-refractivity contribution in [2.24, 2.45) is 0 Å². The number of urea groups is 1. The Morgan fingerprint density at radius 1 is 0.963 bits per heavy atom. The van der Waals surface area contributed by atoms with E-state index in [0.29, 0.717) is 0 Å². The highest BCUT2D eigenvalue weighted by atomic mass is 19.1. The summed E-state index contributed by atoms with van der Waals surface area (Å²) in [6.07, 6.45) is 1.60. The van der Waals surface area contributed by atoms with E-state index in [2.05, 4.69) is 10.3 Å². The first-order valence-corrected chi connectivity index (χ1v) is 8.04. The van der Waals surface area contributed by atoms with Gasteiger partial charge in [0.1, 0.15) is 23.0 Å². The van der Waals surface area contributed by atoms with Crippen molar-refractivity contribution in [2.45, 2.75) is 6.92 Å². The van der Waals surface area contributed by atoms with Crippen molar-refractivity contribution in [1.82, 2.24) is 10.3 Å². The topological polar surface area (TPSA) is 71.1 Å². The smallest absolute Gasteiger partial charge is 0.292 e. The maximum atomic E-state index is 13.6. The maximum Gasteiger partial charge on any atom is 0.327 e. The van der Waals surface area contributed by atoms with Gasteiger partial charge in [0.2, 0.25) is 0 Å². The Bertz CT molecular complexity index is 987. The van der Waals surface area contributed by atoms with Crippen molar-refractivity contribution in [3.63, 3.8) is 0 Å². The Morgan fingerprint density at radius 2 is 1.63 bits per heavy atom. The standard InChI is InChI=1S/C20H15F2N3O2/c1-12-10-17(23-11-14(12)13-6-3-2-4-7-13)24-20(27)25-19(26)18-15(21)8-5-9-16(18)22/h2-11H,1H3,(H2,23,24,25,26,27). The van der Waals surface area contributed by atoms with E-state index in [1.54, 1.807) is 12.3 Å². The highest BCUT2D eigenvalue weighted by molar-refractivity contribution is 6.08. The second-order valence-corrected chi connectivity index (χ2v) is 5.76. The molecular weight excluding hydrogens is 352 g/mol. The number of anilines is 1. The number of carbonyl (C=O) groups is 2. The lowest BCUT2D eigenvalue weighted by Gasteiger charge is -2.10.